The van der Waals surface area contributed by atoms with Crippen molar-refractivity contribution in [2.45, 2.75) is 19.1 Å². The zero-order valence-electron chi connectivity index (χ0n) is 10.7. The molecular formula is C14H14Cl3NOS. The molecule has 108 valence electrons. The van der Waals surface area contributed by atoms with E-state index >= 15 is 0 Å². The molecule has 2 nitrogen and oxygen atoms in total. The van der Waals surface area contributed by atoms with Crippen LogP contribution < -0.4 is 5.32 Å². The summed E-state index contributed by atoms with van der Waals surface area (Å²) in [5.74, 6) is 0. The zero-order chi connectivity index (χ0) is 14.7. The number of nitrogens with one attached hydrogen (secondary N) is 1. The monoisotopic (exact) mass is 349 g/mol. The van der Waals surface area contributed by atoms with Crippen LogP contribution in [0.2, 0.25) is 15.1 Å². The molecule has 20 heavy (non-hydrogen) atoms. The molecule has 0 aliphatic rings. The van der Waals surface area contributed by atoms with E-state index in [2.05, 4.69) is 5.32 Å². The van der Waals surface area contributed by atoms with Crippen LogP contribution in [0.3, 0.4) is 0 Å². The van der Waals surface area contributed by atoms with Crippen molar-refractivity contribution in [2.75, 3.05) is 6.54 Å². The first-order chi connectivity index (χ1) is 9.50. The summed E-state index contributed by atoms with van der Waals surface area (Å²) in [6, 6.07) is 5.43. The molecule has 0 aliphatic carbocycles. The van der Waals surface area contributed by atoms with Crippen molar-refractivity contribution in [3.05, 3.63) is 55.2 Å². The van der Waals surface area contributed by atoms with Crippen LogP contribution in [0.4, 0.5) is 0 Å². The van der Waals surface area contributed by atoms with Crippen molar-refractivity contribution < 1.29 is 5.11 Å². The molecule has 2 rings (SSSR count). The van der Waals surface area contributed by atoms with Crippen molar-refractivity contribution in [3.8, 4) is 0 Å². The Labute approximate surface area is 137 Å². The van der Waals surface area contributed by atoms with E-state index in [4.69, 9.17) is 34.8 Å². The molecule has 0 radical (unpaired) electrons. The zero-order valence-corrected chi connectivity index (χ0v) is 13.8. The van der Waals surface area contributed by atoms with Gasteiger partial charge in [-0.15, -0.1) is 0 Å². The quantitative estimate of drug-likeness (QED) is 0.736. The first-order valence-electron chi connectivity index (χ1n) is 6.07. The molecule has 2 unspecified atom stereocenters. The van der Waals surface area contributed by atoms with Crippen LogP contribution in [0.15, 0.2) is 29.0 Å². The van der Waals surface area contributed by atoms with E-state index in [1.54, 1.807) is 17.4 Å². The highest BCUT2D eigenvalue weighted by Crippen LogP contribution is 2.35. The lowest BCUT2D eigenvalue weighted by atomic mass is 10.1. The molecular weight excluding hydrogens is 337 g/mol. The van der Waals surface area contributed by atoms with Gasteiger partial charge in [0.15, 0.2) is 0 Å². The number of aliphatic hydroxyl groups is 1. The summed E-state index contributed by atoms with van der Waals surface area (Å²) in [6.07, 6.45) is -0.537. The van der Waals surface area contributed by atoms with Crippen molar-refractivity contribution >= 4 is 46.1 Å². The van der Waals surface area contributed by atoms with E-state index in [1.807, 2.05) is 29.8 Å². The molecule has 1 aromatic carbocycles. The van der Waals surface area contributed by atoms with E-state index in [-0.39, 0.29) is 6.04 Å². The minimum absolute atomic E-state index is 0.0365. The normalized spacial score (nSPS) is 14.2. The summed E-state index contributed by atoms with van der Waals surface area (Å²) < 4.78 is 0. The second kappa shape index (κ2) is 7.12. The standard InChI is InChI=1S/C14H14Cl3NOS/c1-8(10-2-3-11(15)14(17)13(10)16)18-6-12(19)9-4-5-20-7-9/h2-5,7-8,12,18-19H,6H2,1H3. The van der Waals surface area contributed by atoms with Crippen LogP contribution in [-0.2, 0) is 0 Å². The minimum Gasteiger partial charge on any atom is -0.387 e. The Bertz CT molecular complexity index is 574. The van der Waals surface area contributed by atoms with E-state index in [0.717, 1.165) is 11.1 Å². The van der Waals surface area contributed by atoms with Crippen LogP contribution in [0, 0.1) is 0 Å². The summed E-state index contributed by atoms with van der Waals surface area (Å²) >= 11 is 19.7. The van der Waals surface area contributed by atoms with Gasteiger partial charge in [0.2, 0.25) is 0 Å². The number of hydrogen-bond acceptors (Lipinski definition) is 3. The van der Waals surface area contributed by atoms with E-state index in [9.17, 15) is 5.11 Å². The summed E-state index contributed by atoms with van der Waals surface area (Å²) in [5, 5.41) is 18.4. The number of halogens is 3. The molecule has 0 aliphatic heterocycles. The Morgan fingerprint density at radius 2 is 1.95 bits per heavy atom. The number of hydrogen-bond donors (Lipinski definition) is 2. The summed E-state index contributed by atoms with van der Waals surface area (Å²) in [5.41, 5.74) is 1.77. The minimum atomic E-state index is -0.537. The molecule has 0 bridgehead atoms. The Balaban J connectivity index is 2.02. The number of aliphatic hydroxyl groups excluding tert-OH is 1. The fourth-order valence-electron chi connectivity index (χ4n) is 1.86. The third kappa shape index (κ3) is 3.67. The Hall–Kier alpha value is -0.290. The van der Waals surface area contributed by atoms with Gasteiger partial charge in [-0.3, -0.25) is 0 Å². The van der Waals surface area contributed by atoms with Crippen molar-refractivity contribution in [1.82, 2.24) is 5.32 Å². The van der Waals surface area contributed by atoms with E-state index in [1.165, 1.54) is 0 Å². The highest BCUT2D eigenvalue weighted by molar-refractivity contribution is 7.07. The lowest BCUT2D eigenvalue weighted by Gasteiger charge is -2.19. The summed E-state index contributed by atoms with van der Waals surface area (Å²) in [4.78, 5) is 0. The SMILES string of the molecule is CC(NCC(O)c1ccsc1)c1ccc(Cl)c(Cl)c1Cl. The number of thiophene rings is 1. The lowest BCUT2D eigenvalue weighted by molar-refractivity contribution is 0.171. The van der Waals surface area contributed by atoms with E-state index in [0.29, 0.717) is 21.6 Å². The highest BCUT2D eigenvalue weighted by atomic mass is 35.5. The van der Waals surface area contributed by atoms with Gasteiger partial charge in [-0.2, -0.15) is 11.3 Å². The second-order valence-electron chi connectivity index (χ2n) is 4.47. The van der Waals surface area contributed by atoms with Crippen molar-refractivity contribution in [1.29, 1.82) is 0 Å². The first-order valence-corrected chi connectivity index (χ1v) is 8.15. The van der Waals surface area contributed by atoms with Gasteiger partial charge in [0.25, 0.3) is 0 Å². The van der Waals surface area contributed by atoms with Crippen molar-refractivity contribution in [2.24, 2.45) is 0 Å². The van der Waals surface area contributed by atoms with Gasteiger partial charge in [0.05, 0.1) is 21.2 Å². The van der Waals surface area contributed by atoms with Gasteiger partial charge in [-0.1, -0.05) is 40.9 Å². The molecule has 1 aromatic heterocycles. The number of rotatable bonds is 5. The molecule has 0 fully saturated rings. The Morgan fingerprint density at radius 1 is 1.20 bits per heavy atom. The molecule has 0 saturated carbocycles. The highest BCUT2D eigenvalue weighted by Gasteiger charge is 2.16. The molecule has 6 heteroatoms. The van der Waals surface area contributed by atoms with Gasteiger partial charge < -0.3 is 10.4 Å². The Morgan fingerprint density at radius 3 is 2.60 bits per heavy atom. The van der Waals surface area contributed by atoms with Crippen LogP contribution in [0.25, 0.3) is 0 Å². The predicted molar refractivity (Wildman–Crippen MR) is 87.2 cm³/mol. The average molecular weight is 351 g/mol. The fraction of sp³-hybridized carbons (Fsp3) is 0.286. The first kappa shape index (κ1) is 16.1. The maximum atomic E-state index is 10.0. The third-order valence-corrected chi connectivity index (χ3v) is 5.09. The van der Waals surface area contributed by atoms with E-state index < -0.39 is 6.10 Å². The van der Waals surface area contributed by atoms with Crippen LogP contribution in [0.1, 0.15) is 30.2 Å². The fourth-order valence-corrected chi connectivity index (χ4v) is 3.27. The summed E-state index contributed by atoms with van der Waals surface area (Å²) in [7, 11) is 0. The topological polar surface area (TPSA) is 32.3 Å². The molecule has 0 spiro atoms. The van der Waals surface area contributed by atoms with Gasteiger partial charge in [-0.25, -0.2) is 0 Å². The lowest BCUT2D eigenvalue weighted by Crippen LogP contribution is -2.24. The van der Waals surface area contributed by atoms with Gasteiger partial charge >= 0.3 is 0 Å². The molecule has 2 N–H and O–H groups in total. The second-order valence-corrected chi connectivity index (χ2v) is 6.41. The maximum Gasteiger partial charge on any atom is 0.0922 e. The largest absolute Gasteiger partial charge is 0.387 e. The molecule has 0 amide bonds. The number of benzene rings is 1. The van der Waals surface area contributed by atoms with Gasteiger partial charge in [0.1, 0.15) is 0 Å². The Kier molecular flexibility index (Phi) is 5.73. The molecule has 0 saturated heterocycles. The predicted octanol–water partition coefficient (Wildman–Crippen LogP) is 5.09. The maximum absolute atomic E-state index is 10.0. The van der Waals surface area contributed by atoms with Crippen LogP contribution in [-0.4, -0.2) is 11.7 Å². The van der Waals surface area contributed by atoms with Crippen LogP contribution >= 0.6 is 46.1 Å². The van der Waals surface area contributed by atoms with Crippen molar-refractivity contribution in [3.63, 3.8) is 0 Å². The molecule has 1 heterocycles. The van der Waals surface area contributed by atoms with Gasteiger partial charge in [0, 0.05) is 12.6 Å². The summed E-state index contributed by atoms with van der Waals surface area (Å²) in [6.45, 7) is 2.40. The van der Waals surface area contributed by atoms with Gasteiger partial charge in [-0.05, 0) is 40.9 Å². The average Bonchev–Trinajstić information content (AvgIpc) is 2.96. The smallest absolute Gasteiger partial charge is 0.0922 e. The third-order valence-electron chi connectivity index (χ3n) is 3.08. The van der Waals surface area contributed by atoms with Crippen LogP contribution in [0.5, 0.6) is 0 Å². The molecule has 2 atom stereocenters. The molecule has 2 aromatic rings.